The van der Waals surface area contributed by atoms with Crippen LogP contribution < -0.4 is 11.5 Å². The molecule has 1 aromatic carbocycles. The maximum absolute atomic E-state index is 12.5. The van der Waals surface area contributed by atoms with Gasteiger partial charge in [0.1, 0.15) is 4.90 Å². The van der Waals surface area contributed by atoms with Crippen LogP contribution in [0.15, 0.2) is 17.0 Å². The summed E-state index contributed by atoms with van der Waals surface area (Å²) in [5.74, 6) is -1.00. The lowest BCUT2D eigenvalue weighted by Gasteiger charge is -2.18. The highest BCUT2D eigenvalue weighted by Crippen LogP contribution is 2.35. The van der Waals surface area contributed by atoms with Crippen molar-refractivity contribution in [2.75, 3.05) is 18.8 Å². The third kappa shape index (κ3) is 2.71. The number of halogens is 2. The Balaban J connectivity index is 2.40. The van der Waals surface area contributed by atoms with Crippen molar-refractivity contribution >= 4 is 44.8 Å². The second-order valence-corrected chi connectivity index (χ2v) is 7.28. The Morgan fingerprint density at radius 2 is 2.00 bits per heavy atom. The molecule has 1 unspecified atom stereocenters. The number of hydrogen-bond acceptors (Lipinski definition) is 4. The maximum atomic E-state index is 12.5. The number of carbonyl (C=O) groups excluding carboxylic acids is 1. The minimum Gasteiger partial charge on any atom is -0.398 e. The quantitative estimate of drug-likeness (QED) is 0.804. The van der Waals surface area contributed by atoms with E-state index in [4.69, 9.17) is 34.7 Å². The number of amides is 1. The standard InChI is InChI=1S/C11H13Cl2N3O3S/c12-7-3-8(13)10(9(14)4-7)20(18,19)16-2-1-6(5-16)11(15)17/h3-4,6H,1-2,5,14H2,(H2,15,17). The van der Waals surface area contributed by atoms with E-state index < -0.39 is 21.8 Å². The van der Waals surface area contributed by atoms with Crippen LogP contribution in [-0.4, -0.2) is 31.7 Å². The molecule has 1 atom stereocenters. The summed E-state index contributed by atoms with van der Waals surface area (Å²) < 4.78 is 26.2. The third-order valence-electron chi connectivity index (χ3n) is 3.19. The number of benzene rings is 1. The zero-order valence-corrected chi connectivity index (χ0v) is 12.7. The monoisotopic (exact) mass is 337 g/mol. The Labute approximate surface area is 126 Å². The van der Waals surface area contributed by atoms with Gasteiger partial charge in [-0.25, -0.2) is 8.42 Å². The second kappa shape index (κ2) is 5.40. The molecule has 2 rings (SSSR count). The highest BCUT2D eigenvalue weighted by atomic mass is 35.5. The number of carbonyl (C=O) groups is 1. The topological polar surface area (TPSA) is 106 Å². The zero-order chi connectivity index (χ0) is 15.1. The van der Waals surface area contributed by atoms with Gasteiger partial charge in [0.25, 0.3) is 0 Å². The Morgan fingerprint density at radius 1 is 1.35 bits per heavy atom. The summed E-state index contributed by atoms with van der Waals surface area (Å²) in [6.07, 6.45) is 0.389. The van der Waals surface area contributed by atoms with Crippen LogP contribution >= 0.6 is 23.2 Å². The molecular formula is C11H13Cl2N3O3S. The number of primary amides is 1. The molecule has 1 aliphatic rings. The Kier molecular flexibility index (Phi) is 4.15. The lowest BCUT2D eigenvalue weighted by atomic mass is 10.1. The van der Waals surface area contributed by atoms with Crippen molar-refractivity contribution in [3.8, 4) is 0 Å². The first-order chi connectivity index (χ1) is 9.23. The zero-order valence-electron chi connectivity index (χ0n) is 10.3. The van der Waals surface area contributed by atoms with Crippen LogP contribution in [0.25, 0.3) is 0 Å². The van der Waals surface area contributed by atoms with Crippen molar-refractivity contribution in [3.05, 3.63) is 22.2 Å². The summed E-state index contributed by atoms with van der Waals surface area (Å²) in [5.41, 5.74) is 10.9. The average molecular weight is 338 g/mol. The van der Waals surface area contributed by atoms with E-state index in [-0.39, 0.29) is 33.7 Å². The molecule has 1 aliphatic heterocycles. The summed E-state index contributed by atoms with van der Waals surface area (Å²) in [7, 11) is -3.87. The Hall–Kier alpha value is -1.02. The van der Waals surface area contributed by atoms with Gasteiger partial charge >= 0.3 is 0 Å². The van der Waals surface area contributed by atoms with Gasteiger partial charge in [-0.3, -0.25) is 4.79 Å². The van der Waals surface area contributed by atoms with Gasteiger partial charge in [0.05, 0.1) is 16.6 Å². The number of sulfonamides is 1. The SMILES string of the molecule is NC(=O)C1CCN(S(=O)(=O)c2c(N)cc(Cl)cc2Cl)C1. The van der Waals surface area contributed by atoms with Crippen molar-refractivity contribution < 1.29 is 13.2 Å². The molecule has 0 aromatic heterocycles. The molecule has 0 bridgehead atoms. The van der Waals surface area contributed by atoms with Crippen LogP contribution in [0.5, 0.6) is 0 Å². The molecule has 0 saturated carbocycles. The molecule has 9 heteroatoms. The van der Waals surface area contributed by atoms with Gasteiger partial charge in [0.15, 0.2) is 0 Å². The molecule has 110 valence electrons. The minimum atomic E-state index is -3.87. The van der Waals surface area contributed by atoms with Crippen LogP contribution in [0.3, 0.4) is 0 Å². The number of nitrogens with zero attached hydrogens (tertiary/aromatic N) is 1. The Bertz CT molecular complexity index is 640. The molecule has 6 nitrogen and oxygen atoms in total. The number of nitrogens with two attached hydrogens (primary N) is 2. The third-order valence-corrected chi connectivity index (χ3v) is 5.80. The van der Waals surface area contributed by atoms with Gasteiger partial charge in [-0.15, -0.1) is 0 Å². The van der Waals surface area contributed by atoms with E-state index in [0.29, 0.717) is 6.42 Å². The van der Waals surface area contributed by atoms with Gasteiger partial charge in [-0.05, 0) is 18.6 Å². The first-order valence-corrected chi connectivity index (χ1v) is 7.97. The average Bonchev–Trinajstić information content (AvgIpc) is 2.76. The van der Waals surface area contributed by atoms with Crippen molar-refractivity contribution in [3.63, 3.8) is 0 Å². The van der Waals surface area contributed by atoms with Gasteiger partial charge in [0.2, 0.25) is 15.9 Å². The molecule has 0 aliphatic carbocycles. The van der Waals surface area contributed by atoms with Crippen molar-refractivity contribution in [2.45, 2.75) is 11.3 Å². The molecular weight excluding hydrogens is 325 g/mol. The van der Waals surface area contributed by atoms with E-state index in [1.807, 2.05) is 0 Å². The fraction of sp³-hybridized carbons (Fsp3) is 0.364. The van der Waals surface area contributed by atoms with Crippen LogP contribution in [0.2, 0.25) is 10.0 Å². The fourth-order valence-electron chi connectivity index (χ4n) is 2.16. The van der Waals surface area contributed by atoms with Crippen LogP contribution in [-0.2, 0) is 14.8 Å². The van der Waals surface area contributed by atoms with Gasteiger partial charge < -0.3 is 11.5 Å². The van der Waals surface area contributed by atoms with E-state index in [1.165, 1.54) is 12.1 Å². The number of anilines is 1. The molecule has 1 amide bonds. The largest absolute Gasteiger partial charge is 0.398 e. The predicted octanol–water partition coefficient (Wildman–Crippen LogP) is 1.07. The van der Waals surface area contributed by atoms with E-state index in [1.54, 1.807) is 0 Å². The molecule has 0 spiro atoms. The number of nitrogen functional groups attached to an aromatic ring is 1. The molecule has 4 N–H and O–H groups in total. The Morgan fingerprint density at radius 3 is 2.50 bits per heavy atom. The maximum Gasteiger partial charge on any atom is 0.246 e. The van der Waals surface area contributed by atoms with Crippen molar-refractivity contribution in [2.24, 2.45) is 11.7 Å². The normalized spacial score (nSPS) is 20.2. The molecule has 1 heterocycles. The molecule has 1 saturated heterocycles. The van der Waals surface area contributed by atoms with Gasteiger partial charge in [-0.2, -0.15) is 4.31 Å². The molecule has 1 fully saturated rings. The lowest BCUT2D eigenvalue weighted by Crippen LogP contribution is -2.32. The summed E-state index contributed by atoms with van der Waals surface area (Å²) in [6, 6.07) is 2.63. The van der Waals surface area contributed by atoms with Gasteiger partial charge in [-0.1, -0.05) is 23.2 Å². The van der Waals surface area contributed by atoms with E-state index in [9.17, 15) is 13.2 Å². The second-order valence-electron chi connectivity index (χ2n) is 4.56. The fourth-order valence-corrected chi connectivity index (χ4v) is 4.60. The van der Waals surface area contributed by atoms with Crippen LogP contribution in [0, 0.1) is 5.92 Å². The molecule has 0 radical (unpaired) electrons. The number of rotatable bonds is 3. The van der Waals surface area contributed by atoms with E-state index in [0.717, 1.165) is 4.31 Å². The van der Waals surface area contributed by atoms with E-state index >= 15 is 0 Å². The summed E-state index contributed by atoms with van der Waals surface area (Å²) >= 11 is 11.7. The molecule has 20 heavy (non-hydrogen) atoms. The highest BCUT2D eigenvalue weighted by Gasteiger charge is 2.37. The van der Waals surface area contributed by atoms with Crippen molar-refractivity contribution in [1.82, 2.24) is 4.31 Å². The number of hydrogen-bond donors (Lipinski definition) is 2. The first kappa shape index (κ1) is 15.4. The summed E-state index contributed by atoms with van der Waals surface area (Å²) in [6.45, 7) is 0.240. The smallest absolute Gasteiger partial charge is 0.246 e. The highest BCUT2D eigenvalue weighted by molar-refractivity contribution is 7.89. The van der Waals surface area contributed by atoms with E-state index in [2.05, 4.69) is 0 Å². The predicted molar refractivity (Wildman–Crippen MR) is 76.9 cm³/mol. The van der Waals surface area contributed by atoms with Crippen molar-refractivity contribution in [1.29, 1.82) is 0 Å². The van der Waals surface area contributed by atoms with Gasteiger partial charge in [0, 0.05) is 18.1 Å². The summed E-state index contributed by atoms with van der Waals surface area (Å²) in [5, 5.41) is 0.209. The molecule has 1 aromatic rings. The van der Waals surface area contributed by atoms with Crippen LogP contribution in [0.1, 0.15) is 6.42 Å². The lowest BCUT2D eigenvalue weighted by molar-refractivity contribution is -0.121. The summed E-state index contributed by atoms with van der Waals surface area (Å²) in [4.78, 5) is 10.9. The van der Waals surface area contributed by atoms with Crippen LogP contribution in [0.4, 0.5) is 5.69 Å². The minimum absolute atomic E-state index is 0.0231. The first-order valence-electron chi connectivity index (χ1n) is 5.77.